The average Bonchev–Trinajstić information content (AvgIpc) is 2.89. The number of nitrogens with zero attached hydrogens (tertiary/aromatic N) is 2. The van der Waals surface area contributed by atoms with Crippen molar-refractivity contribution in [3.63, 3.8) is 0 Å². The SMILES string of the molecule is CN=C(NCCc1nc(C(C)(C)C)cs1)NCC(=O)NC(C)(C)C. The van der Waals surface area contributed by atoms with Gasteiger partial charge in [0.1, 0.15) is 0 Å². The van der Waals surface area contributed by atoms with Crippen LogP contribution in [0.4, 0.5) is 0 Å². The molecule has 0 saturated heterocycles. The summed E-state index contributed by atoms with van der Waals surface area (Å²) in [5.74, 6) is 0.562. The van der Waals surface area contributed by atoms with Crippen LogP contribution in [0.5, 0.6) is 0 Å². The maximum Gasteiger partial charge on any atom is 0.239 e. The number of thiazole rings is 1. The molecule has 1 amide bonds. The van der Waals surface area contributed by atoms with Gasteiger partial charge in [0, 0.05) is 36.3 Å². The third-order valence-corrected chi connectivity index (χ3v) is 4.01. The Morgan fingerprint density at radius 1 is 1.21 bits per heavy atom. The summed E-state index contributed by atoms with van der Waals surface area (Å²) in [6, 6.07) is 0. The van der Waals surface area contributed by atoms with E-state index in [0.717, 1.165) is 23.7 Å². The number of amides is 1. The van der Waals surface area contributed by atoms with Crippen molar-refractivity contribution >= 4 is 23.2 Å². The zero-order chi connectivity index (χ0) is 18.4. The van der Waals surface area contributed by atoms with Crippen LogP contribution in [0.3, 0.4) is 0 Å². The lowest BCUT2D eigenvalue weighted by atomic mass is 9.93. The van der Waals surface area contributed by atoms with Crippen LogP contribution in [0.15, 0.2) is 10.4 Å². The van der Waals surface area contributed by atoms with Crippen molar-refractivity contribution in [3.8, 4) is 0 Å². The van der Waals surface area contributed by atoms with Crippen molar-refractivity contribution in [2.24, 2.45) is 4.99 Å². The number of guanidine groups is 1. The molecule has 0 spiro atoms. The number of carbonyl (C=O) groups is 1. The molecule has 0 aliphatic heterocycles. The summed E-state index contributed by atoms with van der Waals surface area (Å²) in [6.45, 7) is 13.3. The molecule has 3 N–H and O–H groups in total. The van der Waals surface area contributed by atoms with Gasteiger partial charge in [-0.15, -0.1) is 11.3 Å². The number of hydrogen-bond acceptors (Lipinski definition) is 4. The van der Waals surface area contributed by atoms with Gasteiger partial charge in [-0.1, -0.05) is 20.8 Å². The summed E-state index contributed by atoms with van der Waals surface area (Å²) in [7, 11) is 1.69. The molecule has 0 aliphatic rings. The van der Waals surface area contributed by atoms with Crippen molar-refractivity contribution in [1.82, 2.24) is 20.9 Å². The van der Waals surface area contributed by atoms with E-state index in [4.69, 9.17) is 0 Å². The smallest absolute Gasteiger partial charge is 0.239 e. The van der Waals surface area contributed by atoms with Crippen LogP contribution in [-0.2, 0) is 16.6 Å². The third kappa shape index (κ3) is 7.77. The highest BCUT2D eigenvalue weighted by atomic mass is 32.1. The fourth-order valence-electron chi connectivity index (χ4n) is 1.91. The lowest BCUT2D eigenvalue weighted by molar-refractivity contribution is -0.121. The summed E-state index contributed by atoms with van der Waals surface area (Å²) in [5, 5.41) is 12.4. The molecule has 0 aromatic carbocycles. The number of rotatable bonds is 5. The lowest BCUT2D eigenvalue weighted by Gasteiger charge is -2.21. The molecule has 0 atom stereocenters. The Morgan fingerprint density at radius 3 is 2.38 bits per heavy atom. The van der Waals surface area contributed by atoms with Crippen molar-refractivity contribution in [2.75, 3.05) is 20.1 Å². The second kappa shape index (κ2) is 8.46. The number of aromatic nitrogens is 1. The van der Waals surface area contributed by atoms with Crippen molar-refractivity contribution in [1.29, 1.82) is 0 Å². The van der Waals surface area contributed by atoms with Gasteiger partial charge in [0.2, 0.25) is 5.91 Å². The molecular formula is C17H31N5OS. The first-order valence-electron chi connectivity index (χ1n) is 8.21. The van der Waals surface area contributed by atoms with Crippen LogP contribution < -0.4 is 16.0 Å². The molecule has 0 saturated carbocycles. The Balaban J connectivity index is 2.37. The van der Waals surface area contributed by atoms with Gasteiger partial charge in [0.05, 0.1) is 17.2 Å². The first kappa shape index (κ1) is 20.4. The second-order valence-corrected chi connectivity index (χ2v) is 8.72. The van der Waals surface area contributed by atoms with Crippen LogP contribution in [0.25, 0.3) is 0 Å². The molecule has 1 aromatic rings. The molecule has 136 valence electrons. The normalized spacial score (nSPS) is 12.9. The zero-order valence-corrected chi connectivity index (χ0v) is 16.7. The molecule has 24 heavy (non-hydrogen) atoms. The maximum absolute atomic E-state index is 11.8. The quantitative estimate of drug-likeness (QED) is 0.559. The van der Waals surface area contributed by atoms with Crippen LogP contribution in [0.2, 0.25) is 0 Å². The molecule has 0 unspecified atom stereocenters. The number of carbonyl (C=O) groups excluding carboxylic acids is 1. The molecule has 0 bridgehead atoms. The van der Waals surface area contributed by atoms with E-state index in [-0.39, 0.29) is 23.4 Å². The number of hydrogen-bond donors (Lipinski definition) is 3. The third-order valence-electron chi connectivity index (χ3n) is 3.11. The molecule has 6 nitrogen and oxygen atoms in total. The molecule has 7 heteroatoms. The molecule has 1 heterocycles. The fourth-order valence-corrected chi connectivity index (χ4v) is 2.93. The van der Waals surface area contributed by atoms with E-state index in [1.807, 2.05) is 20.8 Å². The van der Waals surface area contributed by atoms with E-state index in [0.29, 0.717) is 5.96 Å². The average molecular weight is 354 g/mol. The lowest BCUT2D eigenvalue weighted by Crippen LogP contribution is -2.48. The Morgan fingerprint density at radius 2 is 1.88 bits per heavy atom. The summed E-state index contributed by atoms with van der Waals surface area (Å²) in [5.41, 5.74) is 0.981. The van der Waals surface area contributed by atoms with E-state index in [1.165, 1.54) is 0 Å². The Kier molecular flexibility index (Phi) is 7.20. The molecule has 1 aromatic heterocycles. The Labute approximate surface area is 149 Å². The van der Waals surface area contributed by atoms with Crippen LogP contribution in [0, 0.1) is 0 Å². The zero-order valence-electron chi connectivity index (χ0n) is 15.9. The maximum atomic E-state index is 11.8. The minimum Gasteiger partial charge on any atom is -0.356 e. The predicted octanol–water partition coefficient (Wildman–Crippen LogP) is 2.06. The van der Waals surface area contributed by atoms with Crippen LogP contribution in [-0.4, -0.2) is 42.5 Å². The molecule has 1 rings (SSSR count). The molecular weight excluding hydrogens is 322 g/mol. The Bertz CT molecular complexity index is 566. The summed E-state index contributed by atoms with van der Waals surface area (Å²) in [6.07, 6.45) is 0.829. The van der Waals surface area contributed by atoms with Gasteiger partial charge in [-0.2, -0.15) is 0 Å². The van der Waals surface area contributed by atoms with Crippen molar-refractivity contribution < 1.29 is 4.79 Å². The highest BCUT2D eigenvalue weighted by Crippen LogP contribution is 2.23. The summed E-state index contributed by atoms with van der Waals surface area (Å²) >= 11 is 1.68. The Hall–Kier alpha value is -1.63. The van der Waals surface area contributed by atoms with E-state index in [1.54, 1.807) is 18.4 Å². The van der Waals surface area contributed by atoms with Gasteiger partial charge >= 0.3 is 0 Å². The standard InChI is InChI=1S/C17H31N5OS/c1-16(2,3)12-11-24-14(21-12)8-9-19-15(18-7)20-10-13(23)22-17(4,5)6/h11H,8-10H2,1-7H3,(H,22,23)(H2,18,19,20). The van der Waals surface area contributed by atoms with Crippen LogP contribution in [0.1, 0.15) is 52.2 Å². The summed E-state index contributed by atoms with van der Waals surface area (Å²) in [4.78, 5) is 20.6. The van der Waals surface area contributed by atoms with Gasteiger partial charge in [-0.25, -0.2) is 4.98 Å². The monoisotopic (exact) mass is 353 g/mol. The van der Waals surface area contributed by atoms with Crippen molar-refractivity contribution in [2.45, 2.75) is 58.9 Å². The van der Waals surface area contributed by atoms with E-state index >= 15 is 0 Å². The summed E-state index contributed by atoms with van der Waals surface area (Å²) < 4.78 is 0. The highest BCUT2D eigenvalue weighted by molar-refractivity contribution is 7.09. The van der Waals surface area contributed by atoms with Gasteiger partial charge < -0.3 is 16.0 Å². The molecule has 0 fully saturated rings. The molecule has 0 radical (unpaired) electrons. The number of aliphatic imine (C=N–C) groups is 1. The predicted molar refractivity (Wildman–Crippen MR) is 102 cm³/mol. The van der Waals surface area contributed by atoms with Gasteiger partial charge in [0.15, 0.2) is 5.96 Å². The molecule has 0 aliphatic carbocycles. The first-order valence-corrected chi connectivity index (χ1v) is 9.09. The topological polar surface area (TPSA) is 78.4 Å². The van der Waals surface area contributed by atoms with E-state index < -0.39 is 0 Å². The van der Waals surface area contributed by atoms with Gasteiger partial charge in [-0.05, 0) is 20.8 Å². The minimum absolute atomic E-state index is 0.0554. The second-order valence-electron chi connectivity index (χ2n) is 7.78. The van der Waals surface area contributed by atoms with E-state index in [9.17, 15) is 4.79 Å². The minimum atomic E-state index is -0.231. The highest BCUT2D eigenvalue weighted by Gasteiger charge is 2.17. The number of nitrogens with one attached hydrogen (secondary N) is 3. The first-order chi connectivity index (χ1) is 11.0. The largest absolute Gasteiger partial charge is 0.356 e. The van der Waals surface area contributed by atoms with Gasteiger partial charge in [0.25, 0.3) is 0 Å². The van der Waals surface area contributed by atoms with Crippen LogP contribution >= 0.6 is 11.3 Å². The van der Waals surface area contributed by atoms with Gasteiger partial charge in [-0.3, -0.25) is 9.79 Å². The van der Waals surface area contributed by atoms with Crippen molar-refractivity contribution in [3.05, 3.63) is 16.1 Å². The van der Waals surface area contributed by atoms with E-state index in [2.05, 4.69) is 52.1 Å². The fraction of sp³-hybridized carbons (Fsp3) is 0.706.